The van der Waals surface area contributed by atoms with E-state index in [9.17, 15) is 9.18 Å². The van der Waals surface area contributed by atoms with Crippen LogP contribution in [0.25, 0.3) is 0 Å². The zero-order valence-electron chi connectivity index (χ0n) is 10.4. The highest BCUT2D eigenvalue weighted by Gasteiger charge is 2.15. The van der Waals surface area contributed by atoms with Crippen LogP contribution in [0.1, 0.15) is 22.8 Å². The number of aryl methyl sites for hydroxylation is 1. The van der Waals surface area contributed by atoms with Gasteiger partial charge >= 0.3 is 5.97 Å². The van der Waals surface area contributed by atoms with Gasteiger partial charge in [-0.05, 0) is 30.2 Å². The van der Waals surface area contributed by atoms with Crippen molar-refractivity contribution < 1.29 is 14.3 Å². The highest BCUT2D eigenvalue weighted by Crippen LogP contribution is 2.21. The molecule has 19 heavy (non-hydrogen) atoms. The lowest BCUT2D eigenvalue weighted by Gasteiger charge is -2.09. The molecule has 2 N–H and O–H groups in total. The van der Waals surface area contributed by atoms with Gasteiger partial charge in [-0.1, -0.05) is 19.1 Å². The number of hydrogen-bond acceptors (Lipinski definition) is 3. The second-order valence-electron chi connectivity index (χ2n) is 4.01. The SMILES string of the molecule is CCc1cccc(Nc2nccc(C(=O)O)c2F)c1. The molecular formula is C14H13FN2O2. The van der Waals surface area contributed by atoms with Gasteiger partial charge in [-0.25, -0.2) is 14.2 Å². The van der Waals surface area contributed by atoms with Gasteiger partial charge in [-0.15, -0.1) is 0 Å². The van der Waals surface area contributed by atoms with Crippen molar-refractivity contribution in [1.82, 2.24) is 4.98 Å². The summed E-state index contributed by atoms with van der Waals surface area (Å²) >= 11 is 0. The van der Waals surface area contributed by atoms with Crippen molar-refractivity contribution in [2.24, 2.45) is 0 Å². The van der Waals surface area contributed by atoms with Crippen LogP contribution in [0.3, 0.4) is 0 Å². The Hall–Kier alpha value is -2.43. The van der Waals surface area contributed by atoms with Crippen LogP contribution in [-0.4, -0.2) is 16.1 Å². The van der Waals surface area contributed by atoms with Crippen molar-refractivity contribution in [3.05, 3.63) is 53.5 Å². The number of aromatic carboxylic acids is 1. The van der Waals surface area contributed by atoms with E-state index in [1.807, 2.05) is 25.1 Å². The Morgan fingerprint density at radius 1 is 1.42 bits per heavy atom. The van der Waals surface area contributed by atoms with Crippen molar-refractivity contribution >= 4 is 17.5 Å². The first-order chi connectivity index (χ1) is 9.11. The molecule has 0 radical (unpaired) electrons. The lowest BCUT2D eigenvalue weighted by molar-refractivity contribution is 0.0692. The van der Waals surface area contributed by atoms with Crippen LogP contribution >= 0.6 is 0 Å². The van der Waals surface area contributed by atoms with Crippen LogP contribution in [0.4, 0.5) is 15.9 Å². The zero-order valence-corrected chi connectivity index (χ0v) is 10.4. The average molecular weight is 260 g/mol. The molecule has 5 heteroatoms. The monoisotopic (exact) mass is 260 g/mol. The number of rotatable bonds is 4. The minimum Gasteiger partial charge on any atom is -0.478 e. The number of nitrogens with one attached hydrogen (secondary N) is 1. The molecule has 98 valence electrons. The molecule has 2 rings (SSSR count). The van der Waals surface area contributed by atoms with E-state index in [1.165, 1.54) is 6.20 Å². The molecule has 0 saturated carbocycles. The molecule has 0 bridgehead atoms. The summed E-state index contributed by atoms with van der Waals surface area (Å²) < 4.78 is 13.9. The molecule has 1 heterocycles. The number of carboxylic acids is 1. The van der Waals surface area contributed by atoms with E-state index in [1.54, 1.807) is 6.07 Å². The van der Waals surface area contributed by atoms with Gasteiger partial charge in [-0.2, -0.15) is 0 Å². The van der Waals surface area contributed by atoms with E-state index in [0.717, 1.165) is 18.1 Å². The van der Waals surface area contributed by atoms with Crippen molar-refractivity contribution in [3.8, 4) is 0 Å². The molecule has 0 aliphatic rings. The minimum absolute atomic E-state index is 0.0897. The van der Waals surface area contributed by atoms with Crippen molar-refractivity contribution in [2.45, 2.75) is 13.3 Å². The molecule has 1 aromatic carbocycles. The van der Waals surface area contributed by atoms with E-state index < -0.39 is 17.3 Å². The second kappa shape index (κ2) is 5.48. The van der Waals surface area contributed by atoms with Crippen molar-refractivity contribution in [2.75, 3.05) is 5.32 Å². The summed E-state index contributed by atoms with van der Waals surface area (Å²) in [4.78, 5) is 14.7. The summed E-state index contributed by atoms with van der Waals surface area (Å²) in [7, 11) is 0. The third-order valence-electron chi connectivity index (χ3n) is 2.72. The maximum Gasteiger partial charge on any atom is 0.338 e. The van der Waals surface area contributed by atoms with Gasteiger partial charge in [0.25, 0.3) is 0 Å². The highest BCUT2D eigenvalue weighted by atomic mass is 19.1. The van der Waals surface area contributed by atoms with E-state index in [4.69, 9.17) is 5.11 Å². The first kappa shape index (κ1) is 13.0. The normalized spacial score (nSPS) is 10.2. The van der Waals surface area contributed by atoms with Gasteiger partial charge in [0.2, 0.25) is 0 Å². The van der Waals surface area contributed by atoms with E-state index in [-0.39, 0.29) is 5.82 Å². The van der Waals surface area contributed by atoms with E-state index in [2.05, 4.69) is 10.3 Å². The maximum absolute atomic E-state index is 13.9. The number of carbonyl (C=O) groups is 1. The summed E-state index contributed by atoms with van der Waals surface area (Å²) in [6, 6.07) is 8.58. The summed E-state index contributed by atoms with van der Waals surface area (Å²) in [6.07, 6.45) is 2.12. The van der Waals surface area contributed by atoms with Gasteiger partial charge in [0.15, 0.2) is 11.6 Å². The van der Waals surface area contributed by atoms with Gasteiger partial charge in [0.1, 0.15) is 5.56 Å². The van der Waals surface area contributed by atoms with Crippen LogP contribution in [0.2, 0.25) is 0 Å². The third kappa shape index (κ3) is 2.88. The third-order valence-corrected chi connectivity index (χ3v) is 2.72. The predicted molar refractivity (Wildman–Crippen MR) is 70.3 cm³/mol. The maximum atomic E-state index is 13.9. The highest BCUT2D eigenvalue weighted by molar-refractivity contribution is 5.89. The molecule has 0 amide bonds. The molecule has 1 aromatic heterocycles. The molecule has 0 fully saturated rings. The van der Waals surface area contributed by atoms with Crippen LogP contribution in [0.15, 0.2) is 36.5 Å². The van der Waals surface area contributed by atoms with Gasteiger partial charge in [-0.3, -0.25) is 0 Å². The molecule has 0 saturated heterocycles. The zero-order chi connectivity index (χ0) is 13.8. The topological polar surface area (TPSA) is 62.2 Å². The number of halogens is 1. The molecule has 0 spiro atoms. The Labute approximate surface area is 109 Å². The lowest BCUT2D eigenvalue weighted by Crippen LogP contribution is -2.05. The summed E-state index contributed by atoms with van der Waals surface area (Å²) in [6.45, 7) is 2.02. The van der Waals surface area contributed by atoms with Gasteiger partial charge in [0.05, 0.1) is 0 Å². The van der Waals surface area contributed by atoms with Gasteiger partial charge in [0, 0.05) is 11.9 Å². The molecule has 0 aliphatic carbocycles. The Bertz CT molecular complexity index is 614. The Morgan fingerprint density at radius 3 is 2.89 bits per heavy atom. The van der Waals surface area contributed by atoms with Crippen LogP contribution in [-0.2, 0) is 6.42 Å². The molecule has 0 unspecified atom stereocenters. The second-order valence-corrected chi connectivity index (χ2v) is 4.01. The Balaban J connectivity index is 2.33. The summed E-state index contributed by atoms with van der Waals surface area (Å²) in [5.41, 5.74) is 1.37. The fraction of sp³-hybridized carbons (Fsp3) is 0.143. The fourth-order valence-electron chi connectivity index (χ4n) is 1.70. The molecule has 2 aromatic rings. The Kier molecular flexibility index (Phi) is 3.75. The summed E-state index contributed by atoms with van der Waals surface area (Å²) in [5, 5.41) is 11.6. The van der Waals surface area contributed by atoms with Crippen LogP contribution < -0.4 is 5.32 Å². The predicted octanol–water partition coefficient (Wildman–Crippen LogP) is 3.22. The van der Waals surface area contributed by atoms with Crippen LogP contribution in [0.5, 0.6) is 0 Å². The molecule has 4 nitrogen and oxygen atoms in total. The van der Waals surface area contributed by atoms with E-state index >= 15 is 0 Å². The van der Waals surface area contributed by atoms with Crippen LogP contribution in [0, 0.1) is 5.82 Å². The number of benzene rings is 1. The largest absolute Gasteiger partial charge is 0.478 e. The van der Waals surface area contributed by atoms with Gasteiger partial charge < -0.3 is 10.4 Å². The number of hydrogen-bond donors (Lipinski definition) is 2. The van der Waals surface area contributed by atoms with Crippen molar-refractivity contribution in [3.63, 3.8) is 0 Å². The smallest absolute Gasteiger partial charge is 0.338 e. The number of carboxylic acid groups (broad SMARTS) is 1. The Morgan fingerprint density at radius 2 is 2.21 bits per heavy atom. The first-order valence-corrected chi connectivity index (χ1v) is 5.85. The molecule has 0 atom stereocenters. The molecular weight excluding hydrogens is 247 g/mol. The standard InChI is InChI=1S/C14H13FN2O2/c1-2-9-4-3-5-10(8-9)17-13-12(15)11(14(18)19)6-7-16-13/h3-8H,2H2,1H3,(H,16,17)(H,18,19). The fourth-order valence-corrected chi connectivity index (χ4v) is 1.70. The number of aromatic nitrogens is 1. The number of pyridine rings is 1. The first-order valence-electron chi connectivity index (χ1n) is 5.85. The number of anilines is 2. The lowest BCUT2D eigenvalue weighted by atomic mass is 10.1. The average Bonchev–Trinajstić information content (AvgIpc) is 2.41. The quantitative estimate of drug-likeness (QED) is 0.886. The van der Waals surface area contributed by atoms with Crippen molar-refractivity contribution in [1.29, 1.82) is 0 Å². The number of nitrogens with zero attached hydrogens (tertiary/aromatic N) is 1. The van der Waals surface area contributed by atoms with E-state index in [0.29, 0.717) is 5.69 Å². The summed E-state index contributed by atoms with van der Waals surface area (Å²) in [5.74, 6) is -2.27. The molecule has 0 aliphatic heterocycles. The minimum atomic E-state index is -1.31.